The zero-order valence-electron chi connectivity index (χ0n) is 19.8. The van der Waals surface area contributed by atoms with Gasteiger partial charge in [-0.15, -0.1) is 0 Å². The first-order valence-corrected chi connectivity index (χ1v) is 13.0. The molecule has 0 spiro atoms. The molecule has 1 aliphatic rings. The lowest BCUT2D eigenvalue weighted by Gasteiger charge is -2.26. The first-order chi connectivity index (χ1) is 16.4. The summed E-state index contributed by atoms with van der Waals surface area (Å²) < 4.78 is 25.8. The van der Waals surface area contributed by atoms with Gasteiger partial charge < -0.3 is 14.9 Å². The molecule has 0 bridgehead atoms. The molecule has 1 heterocycles. The third-order valence-corrected chi connectivity index (χ3v) is 8.28. The second-order valence-corrected chi connectivity index (χ2v) is 11.6. The number of aliphatic hydroxyl groups is 1. The van der Waals surface area contributed by atoms with Gasteiger partial charge >= 0.3 is 0 Å². The molecule has 0 aliphatic carbocycles. The van der Waals surface area contributed by atoms with E-state index in [9.17, 15) is 23.1 Å². The number of hydrogen-bond donors (Lipinski definition) is 1. The van der Waals surface area contributed by atoms with Crippen LogP contribution in [-0.4, -0.2) is 80.6 Å². The fourth-order valence-electron chi connectivity index (χ4n) is 3.85. The van der Waals surface area contributed by atoms with E-state index in [-0.39, 0.29) is 27.6 Å². The van der Waals surface area contributed by atoms with Crippen molar-refractivity contribution in [3.63, 3.8) is 0 Å². The number of carbonyl (C=O) groups excluding carboxylic acids is 2. The molecule has 35 heavy (non-hydrogen) atoms. The van der Waals surface area contributed by atoms with E-state index in [1.807, 2.05) is 19.0 Å². The number of likely N-dealkylation sites (tertiary alicyclic amines) is 1. The molecule has 1 saturated heterocycles. The summed E-state index contributed by atoms with van der Waals surface area (Å²) in [5.74, 6) is -1.95. The minimum atomic E-state index is -3.67. The second kappa shape index (κ2) is 10.7. The Balaban J connectivity index is 2.11. The maximum Gasteiger partial charge on any atom is 0.295 e. The highest BCUT2D eigenvalue weighted by atomic mass is 35.5. The molecule has 1 N–H and O–H groups in total. The summed E-state index contributed by atoms with van der Waals surface area (Å²) >= 11 is 12.3. The quantitative estimate of drug-likeness (QED) is 0.312. The fraction of sp³-hybridized carbons (Fsp3) is 0.333. The summed E-state index contributed by atoms with van der Waals surface area (Å²) in [4.78, 5) is 29.5. The van der Waals surface area contributed by atoms with E-state index >= 15 is 0 Å². The van der Waals surface area contributed by atoms with Crippen molar-refractivity contribution in [2.45, 2.75) is 17.4 Å². The number of rotatable bonds is 8. The van der Waals surface area contributed by atoms with Crippen LogP contribution < -0.4 is 0 Å². The molecule has 8 nitrogen and oxygen atoms in total. The van der Waals surface area contributed by atoms with Gasteiger partial charge in [0.15, 0.2) is 0 Å². The smallest absolute Gasteiger partial charge is 0.295 e. The average Bonchev–Trinajstić information content (AvgIpc) is 3.05. The van der Waals surface area contributed by atoms with E-state index in [0.717, 1.165) is 4.31 Å². The Kier molecular flexibility index (Phi) is 8.28. The molecule has 0 saturated carbocycles. The van der Waals surface area contributed by atoms with E-state index < -0.39 is 33.5 Å². The SMILES string of the molecule is CN(C)CCCN1C(=O)C(=O)/C(=C(\O)c2ccc(S(=O)(=O)N(C)C)cc2)C1c1ccc(Cl)c(Cl)c1. The summed E-state index contributed by atoms with van der Waals surface area (Å²) in [5.41, 5.74) is 0.636. The summed E-state index contributed by atoms with van der Waals surface area (Å²) in [7, 11) is 2.97. The number of hydrogen-bond acceptors (Lipinski definition) is 6. The molecule has 1 unspecified atom stereocenters. The van der Waals surface area contributed by atoms with Gasteiger partial charge in [-0.3, -0.25) is 9.59 Å². The molecule has 188 valence electrons. The van der Waals surface area contributed by atoms with E-state index in [1.54, 1.807) is 18.2 Å². The van der Waals surface area contributed by atoms with E-state index in [0.29, 0.717) is 23.6 Å². The van der Waals surface area contributed by atoms with Crippen molar-refractivity contribution in [1.82, 2.24) is 14.1 Å². The van der Waals surface area contributed by atoms with Crippen LogP contribution in [0.25, 0.3) is 5.76 Å². The maximum absolute atomic E-state index is 13.1. The Morgan fingerprint density at radius 1 is 1.00 bits per heavy atom. The highest BCUT2D eigenvalue weighted by molar-refractivity contribution is 7.89. The number of amides is 1. The molecule has 3 rings (SSSR count). The Bertz CT molecular complexity index is 1270. The van der Waals surface area contributed by atoms with Crippen LogP contribution >= 0.6 is 23.2 Å². The standard InChI is InChI=1S/C24H27Cl2N3O5S/c1-27(2)12-5-13-29-21(16-8-11-18(25)19(26)14-16)20(23(31)24(29)32)22(30)15-6-9-17(10-7-15)35(33,34)28(3)4/h6-11,14,21,30H,5,12-13H2,1-4H3/b22-20-. The topological polar surface area (TPSA) is 98.2 Å². The third-order valence-electron chi connectivity index (χ3n) is 5.71. The lowest BCUT2D eigenvalue weighted by Crippen LogP contribution is -2.32. The molecule has 0 aromatic heterocycles. The molecule has 2 aromatic carbocycles. The molecular weight excluding hydrogens is 513 g/mol. The fourth-order valence-corrected chi connectivity index (χ4v) is 5.06. The van der Waals surface area contributed by atoms with Crippen molar-refractivity contribution in [3.05, 3.63) is 69.2 Å². The molecule has 1 aliphatic heterocycles. The van der Waals surface area contributed by atoms with Gasteiger partial charge in [0, 0.05) is 26.2 Å². The van der Waals surface area contributed by atoms with E-state index in [2.05, 4.69) is 0 Å². The summed E-state index contributed by atoms with van der Waals surface area (Å²) in [6, 6.07) is 9.39. The third kappa shape index (κ3) is 5.54. The van der Waals surface area contributed by atoms with Crippen molar-refractivity contribution in [3.8, 4) is 0 Å². The van der Waals surface area contributed by atoms with Crippen molar-refractivity contribution in [2.75, 3.05) is 41.3 Å². The predicted octanol–water partition coefficient (Wildman–Crippen LogP) is 3.62. The normalized spacial score (nSPS) is 18.2. The number of carbonyl (C=O) groups is 2. The van der Waals surface area contributed by atoms with E-state index in [4.69, 9.17) is 23.2 Å². The van der Waals surface area contributed by atoms with Crippen molar-refractivity contribution in [1.29, 1.82) is 0 Å². The van der Waals surface area contributed by atoms with Crippen LogP contribution in [0.1, 0.15) is 23.6 Å². The number of sulfonamides is 1. The number of ketones is 1. The molecule has 11 heteroatoms. The van der Waals surface area contributed by atoms with Crippen LogP contribution in [0.5, 0.6) is 0 Å². The monoisotopic (exact) mass is 539 g/mol. The van der Waals surface area contributed by atoms with Crippen molar-refractivity contribution < 1.29 is 23.1 Å². The average molecular weight is 540 g/mol. The van der Waals surface area contributed by atoms with Gasteiger partial charge in [0.2, 0.25) is 10.0 Å². The number of aliphatic hydroxyl groups excluding tert-OH is 1. The van der Waals surface area contributed by atoms with Crippen molar-refractivity contribution >= 4 is 50.7 Å². The van der Waals surface area contributed by atoms with Crippen molar-refractivity contribution in [2.24, 2.45) is 0 Å². The highest BCUT2D eigenvalue weighted by Gasteiger charge is 2.46. The molecule has 1 fully saturated rings. The molecule has 1 atom stereocenters. The van der Waals surface area contributed by atoms with Gasteiger partial charge in [0.05, 0.1) is 26.6 Å². The first-order valence-electron chi connectivity index (χ1n) is 10.8. The van der Waals surface area contributed by atoms with Gasteiger partial charge in [-0.25, -0.2) is 12.7 Å². The lowest BCUT2D eigenvalue weighted by molar-refractivity contribution is -0.139. The largest absolute Gasteiger partial charge is 0.507 e. The number of benzene rings is 2. The van der Waals surface area contributed by atoms with Gasteiger partial charge in [-0.2, -0.15) is 0 Å². The lowest BCUT2D eigenvalue weighted by atomic mass is 9.95. The highest BCUT2D eigenvalue weighted by Crippen LogP contribution is 2.41. The molecular formula is C24H27Cl2N3O5S. The zero-order valence-corrected chi connectivity index (χ0v) is 22.2. The van der Waals surface area contributed by atoms with Crippen LogP contribution in [0.3, 0.4) is 0 Å². The Labute approximate surface area is 215 Å². The molecule has 1 amide bonds. The summed E-state index contributed by atoms with van der Waals surface area (Å²) in [6.45, 7) is 0.976. The van der Waals surface area contributed by atoms with Crippen LogP contribution in [-0.2, 0) is 19.6 Å². The van der Waals surface area contributed by atoms with Gasteiger partial charge in [-0.1, -0.05) is 29.3 Å². The maximum atomic E-state index is 13.1. The molecule has 0 radical (unpaired) electrons. The van der Waals surface area contributed by atoms with Gasteiger partial charge in [0.1, 0.15) is 5.76 Å². The number of nitrogens with zero attached hydrogens (tertiary/aromatic N) is 3. The first kappa shape index (κ1) is 27.2. The van der Waals surface area contributed by atoms with Crippen LogP contribution in [0.2, 0.25) is 10.0 Å². The van der Waals surface area contributed by atoms with Gasteiger partial charge in [-0.05, 0) is 69.0 Å². The van der Waals surface area contributed by atoms with E-state index in [1.165, 1.54) is 43.3 Å². The molecule has 2 aromatic rings. The zero-order chi connectivity index (χ0) is 26.1. The minimum absolute atomic E-state index is 0.0317. The Morgan fingerprint density at radius 2 is 1.63 bits per heavy atom. The Morgan fingerprint density at radius 3 is 2.17 bits per heavy atom. The Hall–Kier alpha value is -2.43. The second-order valence-electron chi connectivity index (χ2n) is 8.63. The van der Waals surface area contributed by atoms with Crippen LogP contribution in [0.4, 0.5) is 0 Å². The van der Waals surface area contributed by atoms with Gasteiger partial charge in [0.25, 0.3) is 11.7 Å². The minimum Gasteiger partial charge on any atom is -0.507 e. The number of Topliss-reactive ketones (excluding diaryl/α,β-unsaturated/α-hetero) is 1. The van der Waals surface area contributed by atoms with Crippen LogP contribution in [0.15, 0.2) is 52.9 Å². The number of halogens is 2. The summed E-state index contributed by atoms with van der Waals surface area (Å²) in [6.07, 6.45) is 0.606. The van der Waals surface area contributed by atoms with Crippen LogP contribution in [0, 0.1) is 0 Å². The predicted molar refractivity (Wildman–Crippen MR) is 136 cm³/mol. The summed E-state index contributed by atoms with van der Waals surface area (Å²) in [5, 5.41) is 11.7.